The summed E-state index contributed by atoms with van der Waals surface area (Å²) >= 11 is 0. The summed E-state index contributed by atoms with van der Waals surface area (Å²) in [4.78, 5) is 16.3. The molecule has 0 aliphatic carbocycles. The highest BCUT2D eigenvalue weighted by Gasteiger charge is 2.24. The molecule has 1 unspecified atom stereocenters. The molecule has 0 radical (unpaired) electrons. The van der Waals surface area contributed by atoms with Gasteiger partial charge in [-0.2, -0.15) is 0 Å². The average Bonchev–Trinajstić information content (AvgIpc) is 2.26. The summed E-state index contributed by atoms with van der Waals surface area (Å²) in [5.41, 5.74) is 0. The molecule has 0 saturated carbocycles. The number of carbonyl (C=O) groups is 1. The predicted octanol–water partition coefficient (Wildman–Crippen LogP) is 0.149. The van der Waals surface area contributed by atoms with Crippen molar-refractivity contribution in [1.29, 1.82) is 0 Å². The Morgan fingerprint density at radius 1 is 1.27 bits per heavy atom. The fourth-order valence-corrected chi connectivity index (χ4v) is 1.90. The molecule has 1 aliphatic rings. The lowest BCUT2D eigenvalue weighted by Crippen LogP contribution is -2.53. The Balaban J connectivity index is 2.44. The molecule has 1 N–H and O–H groups in total. The zero-order valence-corrected chi connectivity index (χ0v) is 10.1. The molecule has 0 aromatic carbocycles. The van der Waals surface area contributed by atoms with Crippen LogP contribution in [0.4, 0.5) is 0 Å². The van der Waals surface area contributed by atoms with E-state index in [9.17, 15) is 4.79 Å². The third-order valence-corrected chi connectivity index (χ3v) is 2.97. The predicted molar refractivity (Wildman–Crippen MR) is 61.8 cm³/mol. The fraction of sp³-hybridized carbons (Fsp3) is 0.909. The van der Waals surface area contributed by atoms with Gasteiger partial charge in [0.15, 0.2) is 0 Å². The number of carbonyl (C=O) groups excluding carboxylic acids is 1. The number of likely N-dealkylation sites (N-methyl/N-ethyl adjacent to an activating group) is 2. The lowest BCUT2D eigenvalue weighted by molar-refractivity contribution is -0.135. The first-order valence-corrected chi connectivity index (χ1v) is 5.89. The highest BCUT2D eigenvalue weighted by Crippen LogP contribution is 2.04. The van der Waals surface area contributed by atoms with Crippen LogP contribution >= 0.6 is 0 Å². The molecular formula is C11H23N3O. The Morgan fingerprint density at radius 3 is 2.33 bits per heavy atom. The van der Waals surface area contributed by atoms with E-state index in [0.29, 0.717) is 0 Å². The fourth-order valence-electron chi connectivity index (χ4n) is 1.90. The first-order chi connectivity index (χ1) is 7.19. The third-order valence-electron chi connectivity index (χ3n) is 2.97. The molecule has 88 valence electrons. The Kier molecular flexibility index (Phi) is 5.05. The van der Waals surface area contributed by atoms with E-state index >= 15 is 0 Å². The number of piperazine rings is 1. The SMILES string of the molecule is CCNC(CC)C(=O)N1CCN(C)CC1. The summed E-state index contributed by atoms with van der Waals surface area (Å²) in [7, 11) is 2.10. The highest BCUT2D eigenvalue weighted by atomic mass is 16.2. The number of nitrogens with one attached hydrogen (secondary N) is 1. The summed E-state index contributed by atoms with van der Waals surface area (Å²) in [6.07, 6.45) is 0.874. The van der Waals surface area contributed by atoms with Gasteiger partial charge in [0.05, 0.1) is 6.04 Å². The molecule has 4 heteroatoms. The van der Waals surface area contributed by atoms with Crippen molar-refractivity contribution in [2.24, 2.45) is 0 Å². The van der Waals surface area contributed by atoms with Crippen LogP contribution in [-0.2, 0) is 4.79 Å². The van der Waals surface area contributed by atoms with Crippen molar-refractivity contribution >= 4 is 5.91 Å². The van der Waals surface area contributed by atoms with Gasteiger partial charge in [-0.1, -0.05) is 13.8 Å². The minimum atomic E-state index is 0.0124. The van der Waals surface area contributed by atoms with Crippen LogP contribution in [0.5, 0.6) is 0 Å². The van der Waals surface area contributed by atoms with Crippen LogP contribution in [0.1, 0.15) is 20.3 Å². The third kappa shape index (κ3) is 3.47. The Bertz CT molecular complexity index is 200. The molecule has 1 heterocycles. The van der Waals surface area contributed by atoms with Crippen molar-refractivity contribution in [1.82, 2.24) is 15.1 Å². The van der Waals surface area contributed by atoms with Crippen molar-refractivity contribution in [2.75, 3.05) is 39.8 Å². The van der Waals surface area contributed by atoms with Gasteiger partial charge in [-0.25, -0.2) is 0 Å². The number of nitrogens with zero attached hydrogens (tertiary/aromatic N) is 2. The molecular weight excluding hydrogens is 190 g/mol. The highest BCUT2D eigenvalue weighted by molar-refractivity contribution is 5.81. The van der Waals surface area contributed by atoms with Crippen LogP contribution < -0.4 is 5.32 Å². The Morgan fingerprint density at radius 2 is 1.87 bits per heavy atom. The summed E-state index contributed by atoms with van der Waals surface area (Å²) in [6, 6.07) is 0.0124. The Hall–Kier alpha value is -0.610. The number of hydrogen-bond donors (Lipinski definition) is 1. The molecule has 1 fully saturated rings. The molecule has 15 heavy (non-hydrogen) atoms. The quantitative estimate of drug-likeness (QED) is 0.722. The van der Waals surface area contributed by atoms with Crippen LogP contribution in [-0.4, -0.2) is 61.5 Å². The van der Waals surface area contributed by atoms with E-state index in [0.717, 1.165) is 39.1 Å². The van der Waals surface area contributed by atoms with Gasteiger partial charge >= 0.3 is 0 Å². The molecule has 0 aromatic rings. The standard InChI is InChI=1S/C11H23N3O/c1-4-10(12-5-2)11(15)14-8-6-13(3)7-9-14/h10,12H,4-9H2,1-3H3. The molecule has 4 nitrogen and oxygen atoms in total. The van der Waals surface area contributed by atoms with Crippen molar-refractivity contribution in [3.8, 4) is 0 Å². The summed E-state index contributed by atoms with van der Waals surface area (Å²) in [5, 5.41) is 3.24. The van der Waals surface area contributed by atoms with Crippen LogP contribution in [0.15, 0.2) is 0 Å². The molecule has 1 aliphatic heterocycles. The van der Waals surface area contributed by atoms with Gasteiger partial charge in [0.1, 0.15) is 0 Å². The van der Waals surface area contributed by atoms with E-state index in [1.54, 1.807) is 0 Å². The molecule has 1 atom stereocenters. The van der Waals surface area contributed by atoms with Crippen LogP contribution in [0.2, 0.25) is 0 Å². The second kappa shape index (κ2) is 6.08. The van der Waals surface area contributed by atoms with Crippen LogP contribution in [0.3, 0.4) is 0 Å². The lowest BCUT2D eigenvalue weighted by atomic mass is 10.1. The van der Waals surface area contributed by atoms with Gasteiger partial charge in [0.25, 0.3) is 0 Å². The maximum absolute atomic E-state index is 12.1. The van der Waals surface area contributed by atoms with Gasteiger partial charge in [0, 0.05) is 26.2 Å². The zero-order valence-electron chi connectivity index (χ0n) is 10.1. The molecule has 1 saturated heterocycles. The molecule has 0 aromatic heterocycles. The largest absolute Gasteiger partial charge is 0.339 e. The van der Waals surface area contributed by atoms with Crippen molar-refractivity contribution in [3.63, 3.8) is 0 Å². The normalized spacial score (nSPS) is 20.3. The van der Waals surface area contributed by atoms with Gasteiger partial charge in [-0.05, 0) is 20.0 Å². The van der Waals surface area contributed by atoms with Gasteiger partial charge in [-0.15, -0.1) is 0 Å². The summed E-state index contributed by atoms with van der Waals surface area (Å²) in [5.74, 6) is 0.271. The molecule has 0 spiro atoms. The topological polar surface area (TPSA) is 35.6 Å². The minimum absolute atomic E-state index is 0.0124. The van der Waals surface area contributed by atoms with E-state index in [1.807, 2.05) is 11.8 Å². The Labute approximate surface area is 92.6 Å². The first-order valence-electron chi connectivity index (χ1n) is 5.89. The monoisotopic (exact) mass is 213 g/mol. The second-order valence-corrected chi connectivity index (χ2v) is 4.15. The van der Waals surface area contributed by atoms with Gasteiger partial charge in [-0.3, -0.25) is 4.79 Å². The van der Waals surface area contributed by atoms with Crippen molar-refractivity contribution in [3.05, 3.63) is 0 Å². The number of amides is 1. The van der Waals surface area contributed by atoms with E-state index in [1.165, 1.54) is 0 Å². The summed E-state index contributed by atoms with van der Waals surface area (Å²) < 4.78 is 0. The van der Waals surface area contributed by atoms with Crippen molar-refractivity contribution < 1.29 is 4.79 Å². The minimum Gasteiger partial charge on any atom is -0.339 e. The first kappa shape index (κ1) is 12.5. The molecule has 1 rings (SSSR count). The zero-order chi connectivity index (χ0) is 11.3. The van der Waals surface area contributed by atoms with Gasteiger partial charge in [0.2, 0.25) is 5.91 Å². The average molecular weight is 213 g/mol. The van der Waals surface area contributed by atoms with Gasteiger partial charge < -0.3 is 15.1 Å². The van der Waals surface area contributed by atoms with E-state index in [2.05, 4.69) is 24.2 Å². The van der Waals surface area contributed by atoms with E-state index in [4.69, 9.17) is 0 Å². The number of hydrogen-bond acceptors (Lipinski definition) is 3. The van der Waals surface area contributed by atoms with Crippen molar-refractivity contribution in [2.45, 2.75) is 26.3 Å². The molecule has 1 amide bonds. The smallest absolute Gasteiger partial charge is 0.239 e. The maximum Gasteiger partial charge on any atom is 0.239 e. The summed E-state index contributed by atoms with van der Waals surface area (Å²) in [6.45, 7) is 8.69. The molecule has 0 bridgehead atoms. The maximum atomic E-state index is 12.1. The number of rotatable bonds is 4. The van der Waals surface area contributed by atoms with Crippen LogP contribution in [0.25, 0.3) is 0 Å². The lowest BCUT2D eigenvalue weighted by Gasteiger charge is -2.34. The second-order valence-electron chi connectivity index (χ2n) is 4.15. The van der Waals surface area contributed by atoms with Crippen LogP contribution in [0, 0.1) is 0 Å². The van der Waals surface area contributed by atoms with E-state index in [-0.39, 0.29) is 11.9 Å². The van der Waals surface area contributed by atoms with E-state index < -0.39 is 0 Å².